The van der Waals surface area contributed by atoms with E-state index in [-0.39, 0.29) is 6.61 Å². The number of benzene rings is 1. The van der Waals surface area contributed by atoms with Gasteiger partial charge in [0.05, 0.1) is 5.69 Å². The zero-order valence-electron chi connectivity index (χ0n) is 9.01. The van der Waals surface area contributed by atoms with E-state index in [1.54, 1.807) is 0 Å². The number of nitrogens with zero attached hydrogens (tertiary/aromatic N) is 1. The molecule has 3 nitrogen and oxygen atoms in total. The van der Waals surface area contributed by atoms with E-state index in [0.717, 1.165) is 17.0 Å². The predicted octanol–water partition coefficient (Wildman–Crippen LogP) is 2.78. The number of aliphatic hydroxyl groups excluding tert-OH is 1. The Labute approximate surface area is 98.4 Å². The summed E-state index contributed by atoms with van der Waals surface area (Å²) in [6.07, 6.45) is 0.677. The van der Waals surface area contributed by atoms with Crippen LogP contribution < -0.4 is 4.74 Å². The third kappa shape index (κ3) is 2.81. The summed E-state index contributed by atoms with van der Waals surface area (Å²) in [6, 6.07) is 7.68. The van der Waals surface area contributed by atoms with Gasteiger partial charge in [-0.2, -0.15) is 0 Å². The van der Waals surface area contributed by atoms with E-state index in [1.807, 2.05) is 36.6 Å². The lowest BCUT2D eigenvalue weighted by Gasteiger charge is -2.02. The largest absolute Gasteiger partial charge is 0.431 e. The van der Waals surface area contributed by atoms with Gasteiger partial charge in [-0.1, -0.05) is 23.5 Å². The first-order valence-corrected chi connectivity index (χ1v) is 5.95. The summed E-state index contributed by atoms with van der Waals surface area (Å²) in [7, 11) is 0. The van der Waals surface area contributed by atoms with Crippen molar-refractivity contribution in [2.24, 2.45) is 0 Å². The average Bonchev–Trinajstić information content (AvgIpc) is 2.67. The van der Waals surface area contributed by atoms with Gasteiger partial charge < -0.3 is 9.84 Å². The van der Waals surface area contributed by atoms with Crippen molar-refractivity contribution < 1.29 is 9.84 Å². The number of aromatic nitrogens is 1. The van der Waals surface area contributed by atoms with Crippen molar-refractivity contribution in [1.29, 1.82) is 0 Å². The summed E-state index contributed by atoms with van der Waals surface area (Å²) in [5.41, 5.74) is 2.07. The van der Waals surface area contributed by atoms with Crippen molar-refractivity contribution >= 4 is 11.3 Å². The maximum absolute atomic E-state index is 8.79. The number of hydrogen-bond acceptors (Lipinski definition) is 4. The van der Waals surface area contributed by atoms with Gasteiger partial charge in [0.1, 0.15) is 5.75 Å². The Bertz CT molecular complexity index is 450. The predicted molar refractivity (Wildman–Crippen MR) is 64.2 cm³/mol. The Morgan fingerprint density at radius 2 is 2.06 bits per heavy atom. The Balaban J connectivity index is 2.05. The quantitative estimate of drug-likeness (QED) is 0.886. The van der Waals surface area contributed by atoms with Crippen LogP contribution in [0.25, 0.3) is 0 Å². The molecule has 0 aliphatic heterocycles. The number of ether oxygens (including phenoxy) is 1. The second-order valence-electron chi connectivity index (χ2n) is 3.47. The van der Waals surface area contributed by atoms with Crippen molar-refractivity contribution in [3.8, 4) is 10.9 Å². The van der Waals surface area contributed by atoms with Crippen LogP contribution in [0.4, 0.5) is 0 Å². The van der Waals surface area contributed by atoms with Gasteiger partial charge in [-0.3, -0.25) is 0 Å². The van der Waals surface area contributed by atoms with E-state index in [9.17, 15) is 0 Å². The van der Waals surface area contributed by atoms with E-state index >= 15 is 0 Å². The van der Waals surface area contributed by atoms with Crippen LogP contribution in [0, 0.1) is 6.92 Å². The first-order chi connectivity index (χ1) is 7.78. The van der Waals surface area contributed by atoms with Crippen LogP contribution in [0.5, 0.6) is 10.9 Å². The molecule has 0 unspecified atom stereocenters. The summed E-state index contributed by atoms with van der Waals surface area (Å²) < 4.78 is 5.58. The Hall–Kier alpha value is -1.39. The topological polar surface area (TPSA) is 42.4 Å². The van der Waals surface area contributed by atoms with Gasteiger partial charge in [0.25, 0.3) is 5.19 Å². The van der Waals surface area contributed by atoms with E-state index in [1.165, 1.54) is 11.3 Å². The highest BCUT2D eigenvalue weighted by molar-refractivity contribution is 7.11. The van der Waals surface area contributed by atoms with E-state index in [0.29, 0.717) is 11.6 Å². The molecule has 0 fully saturated rings. The molecule has 0 aliphatic carbocycles. The minimum Gasteiger partial charge on any atom is -0.431 e. The van der Waals surface area contributed by atoms with Gasteiger partial charge in [0.2, 0.25) is 0 Å². The van der Waals surface area contributed by atoms with E-state index in [4.69, 9.17) is 9.84 Å². The van der Waals surface area contributed by atoms with Crippen molar-refractivity contribution in [2.45, 2.75) is 13.3 Å². The van der Waals surface area contributed by atoms with Crippen LogP contribution >= 0.6 is 11.3 Å². The lowest BCUT2D eigenvalue weighted by atomic mass is 10.1. The van der Waals surface area contributed by atoms with Crippen molar-refractivity contribution in [1.82, 2.24) is 4.98 Å². The van der Waals surface area contributed by atoms with Gasteiger partial charge in [0.15, 0.2) is 0 Å². The van der Waals surface area contributed by atoms with Crippen LogP contribution in [-0.2, 0) is 6.42 Å². The maximum Gasteiger partial charge on any atom is 0.278 e. The maximum atomic E-state index is 8.79. The standard InChI is InChI=1S/C12H13NO2S/c1-9-8-16-12(13-9)15-11-4-2-10(3-5-11)6-7-14/h2-5,8,14H,6-7H2,1H3. The molecule has 0 bridgehead atoms. The molecule has 1 aromatic heterocycles. The molecular weight excluding hydrogens is 222 g/mol. The second-order valence-corrected chi connectivity index (χ2v) is 4.30. The summed E-state index contributed by atoms with van der Waals surface area (Å²) in [6.45, 7) is 2.11. The van der Waals surface area contributed by atoms with Crippen LogP contribution in [0.3, 0.4) is 0 Å². The normalized spacial score (nSPS) is 10.4. The highest BCUT2D eigenvalue weighted by Gasteiger charge is 2.01. The highest BCUT2D eigenvalue weighted by atomic mass is 32.1. The third-order valence-electron chi connectivity index (χ3n) is 2.13. The molecule has 2 aromatic rings. The van der Waals surface area contributed by atoms with Crippen molar-refractivity contribution in [3.63, 3.8) is 0 Å². The summed E-state index contributed by atoms with van der Waals surface area (Å²) in [4.78, 5) is 4.22. The Morgan fingerprint density at radius 3 is 2.62 bits per heavy atom. The average molecular weight is 235 g/mol. The van der Waals surface area contributed by atoms with Crippen molar-refractivity contribution in [2.75, 3.05) is 6.61 Å². The molecule has 4 heteroatoms. The molecule has 0 spiro atoms. The molecule has 1 heterocycles. The molecular formula is C12H13NO2S. The number of aryl methyl sites for hydroxylation is 1. The SMILES string of the molecule is Cc1csc(Oc2ccc(CCO)cc2)n1. The van der Waals surface area contributed by atoms with Gasteiger partial charge in [-0.25, -0.2) is 4.98 Å². The fraction of sp³-hybridized carbons (Fsp3) is 0.250. The molecule has 2 rings (SSSR count). The molecule has 0 aliphatic rings. The minimum absolute atomic E-state index is 0.172. The highest BCUT2D eigenvalue weighted by Crippen LogP contribution is 2.24. The molecule has 0 atom stereocenters. The van der Waals surface area contributed by atoms with Crippen molar-refractivity contribution in [3.05, 3.63) is 40.9 Å². The fourth-order valence-corrected chi connectivity index (χ4v) is 2.00. The molecule has 0 saturated carbocycles. The molecule has 0 saturated heterocycles. The molecule has 0 radical (unpaired) electrons. The van der Waals surface area contributed by atoms with Crippen LogP contribution in [0.1, 0.15) is 11.3 Å². The third-order valence-corrected chi connectivity index (χ3v) is 2.96. The zero-order chi connectivity index (χ0) is 11.4. The molecule has 1 aromatic carbocycles. The summed E-state index contributed by atoms with van der Waals surface area (Å²) in [5.74, 6) is 0.774. The van der Waals surface area contributed by atoms with Gasteiger partial charge >= 0.3 is 0 Å². The monoisotopic (exact) mass is 235 g/mol. The first kappa shape index (κ1) is 11.1. The molecule has 16 heavy (non-hydrogen) atoms. The smallest absolute Gasteiger partial charge is 0.278 e. The van der Waals surface area contributed by atoms with Gasteiger partial charge in [0, 0.05) is 12.0 Å². The number of hydrogen-bond donors (Lipinski definition) is 1. The zero-order valence-corrected chi connectivity index (χ0v) is 9.83. The molecule has 0 amide bonds. The van der Waals surface area contributed by atoms with Gasteiger partial charge in [-0.15, -0.1) is 0 Å². The summed E-state index contributed by atoms with van der Waals surface area (Å²) in [5, 5.41) is 11.4. The number of thiazole rings is 1. The minimum atomic E-state index is 0.172. The van der Waals surface area contributed by atoms with Crippen LogP contribution in [-0.4, -0.2) is 16.7 Å². The second kappa shape index (κ2) is 5.09. The molecule has 1 N–H and O–H groups in total. The van der Waals surface area contributed by atoms with Gasteiger partial charge in [-0.05, 0) is 31.0 Å². The van der Waals surface area contributed by atoms with Crippen LogP contribution in [0.2, 0.25) is 0 Å². The Kier molecular flexibility index (Phi) is 3.54. The summed E-state index contributed by atoms with van der Waals surface area (Å²) >= 11 is 1.49. The lowest BCUT2D eigenvalue weighted by Crippen LogP contribution is -1.90. The number of rotatable bonds is 4. The Morgan fingerprint density at radius 1 is 1.31 bits per heavy atom. The first-order valence-electron chi connectivity index (χ1n) is 5.08. The number of aliphatic hydroxyl groups is 1. The van der Waals surface area contributed by atoms with E-state index in [2.05, 4.69) is 4.98 Å². The fourth-order valence-electron chi connectivity index (χ4n) is 1.33. The molecule has 84 valence electrons. The van der Waals surface area contributed by atoms with E-state index < -0.39 is 0 Å². The van der Waals surface area contributed by atoms with Crippen LogP contribution in [0.15, 0.2) is 29.6 Å². The lowest BCUT2D eigenvalue weighted by molar-refractivity contribution is 0.299.